The number of amides is 1. The molecule has 3 rings (SSSR count). The number of benzene rings is 2. The van der Waals surface area contributed by atoms with E-state index in [0.29, 0.717) is 11.4 Å². The lowest BCUT2D eigenvalue weighted by molar-refractivity contribution is 0.102. The third-order valence-electron chi connectivity index (χ3n) is 3.92. The third kappa shape index (κ3) is 4.83. The molecule has 0 bridgehead atoms. The highest BCUT2D eigenvalue weighted by Gasteiger charge is 2.05. The molecule has 2 N–H and O–H groups in total. The molecule has 0 unspecified atom stereocenters. The number of carbonyl (C=O) groups is 1. The van der Waals surface area contributed by atoms with Crippen molar-refractivity contribution in [3.8, 4) is 5.75 Å². The van der Waals surface area contributed by atoms with Gasteiger partial charge in [0.05, 0.1) is 19.0 Å². The fraction of sp³-hybridized carbons (Fsp3) is 0.143. The van der Waals surface area contributed by atoms with Crippen LogP contribution in [0.1, 0.15) is 15.9 Å². The molecule has 0 saturated heterocycles. The summed E-state index contributed by atoms with van der Waals surface area (Å²) in [4.78, 5) is 16.4. The summed E-state index contributed by atoms with van der Waals surface area (Å²) in [5.74, 6) is 1.22. The van der Waals surface area contributed by atoms with E-state index in [1.54, 1.807) is 31.5 Å². The summed E-state index contributed by atoms with van der Waals surface area (Å²) < 4.78 is 5.23. The second kappa shape index (κ2) is 8.67. The van der Waals surface area contributed by atoms with Gasteiger partial charge in [0.2, 0.25) is 0 Å². The summed E-state index contributed by atoms with van der Waals surface area (Å²) in [7, 11) is 1.67. The van der Waals surface area contributed by atoms with Crippen molar-refractivity contribution in [1.29, 1.82) is 0 Å². The van der Waals surface area contributed by atoms with Gasteiger partial charge in [-0.05, 0) is 48.4 Å². The lowest BCUT2D eigenvalue weighted by Crippen LogP contribution is -2.13. The summed E-state index contributed by atoms with van der Waals surface area (Å²) in [5.41, 5.74) is 2.72. The van der Waals surface area contributed by atoms with Gasteiger partial charge in [0.1, 0.15) is 11.6 Å². The van der Waals surface area contributed by atoms with Crippen molar-refractivity contribution >= 4 is 17.4 Å². The Morgan fingerprint density at radius 2 is 1.88 bits per heavy atom. The largest absolute Gasteiger partial charge is 0.497 e. The SMILES string of the molecule is COc1cccc(CCNc2ccc(NC(=O)c3ccccc3)nc2)c1. The smallest absolute Gasteiger partial charge is 0.256 e. The van der Waals surface area contributed by atoms with Gasteiger partial charge in [-0.2, -0.15) is 0 Å². The Balaban J connectivity index is 1.50. The number of carbonyl (C=O) groups excluding carboxylic acids is 1. The van der Waals surface area contributed by atoms with E-state index >= 15 is 0 Å². The van der Waals surface area contributed by atoms with Crippen LogP contribution in [0.25, 0.3) is 0 Å². The Morgan fingerprint density at radius 3 is 2.62 bits per heavy atom. The van der Waals surface area contributed by atoms with Crippen molar-refractivity contribution in [1.82, 2.24) is 4.98 Å². The standard InChI is InChI=1S/C21H21N3O2/c1-26-19-9-5-6-16(14-19)12-13-22-18-10-11-20(23-15-18)24-21(25)17-7-3-2-4-8-17/h2-11,14-15,22H,12-13H2,1H3,(H,23,24,25). The molecular formula is C21H21N3O2. The molecule has 0 radical (unpaired) electrons. The first-order valence-electron chi connectivity index (χ1n) is 8.44. The number of methoxy groups -OCH3 is 1. The molecule has 1 heterocycles. The molecule has 1 aromatic heterocycles. The highest BCUT2D eigenvalue weighted by atomic mass is 16.5. The number of anilines is 2. The van der Waals surface area contributed by atoms with Crippen molar-refractivity contribution in [2.45, 2.75) is 6.42 Å². The Labute approximate surface area is 153 Å². The lowest BCUT2D eigenvalue weighted by Gasteiger charge is -2.09. The zero-order valence-electron chi connectivity index (χ0n) is 14.6. The molecule has 2 aromatic carbocycles. The van der Waals surface area contributed by atoms with Gasteiger partial charge in [0.15, 0.2) is 0 Å². The van der Waals surface area contributed by atoms with Gasteiger partial charge in [0.25, 0.3) is 5.91 Å². The predicted octanol–water partition coefficient (Wildman–Crippen LogP) is 4.00. The molecular weight excluding hydrogens is 326 g/mol. The van der Waals surface area contributed by atoms with E-state index in [0.717, 1.165) is 24.4 Å². The van der Waals surface area contributed by atoms with Crippen molar-refractivity contribution < 1.29 is 9.53 Å². The van der Waals surface area contributed by atoms with Crippen LogP contribution in [0, 0.1) is 0 Å². The number of pyridine rings is 1. The first-order chi connectivity index (χ1) is 12.7. The monoisotopic (exact) mass is 347 g/mol. The second-order valence-electron chi connectivity index (χ2n) is 5.78. The summed E-state index contributed by atoms with van der Waals surface area (Å²) in [6, 6.07) is 20.8. The minimum Gasteiger partial charge on any atom is -0.497 e. The van der Waals surface area contributed by atoms with E-state index in [1.165, 1.54) is 5.56 Å². The lowest BCUT2D eigenvalue weighted by atomic mass is 10.1. The maximum Gasteiger partial charge on any atom is 0.256 e. The van der Waals surface area contributed by atoms with Gasteiger partial charge >= 0.3 is 0 Å². The Kier molecular flexibility index (Phi) is 5.83. The zero-order valence-corrected chi connectivity index (χ0v) is 14.6. The molecule has 0 saturated carbocycles. The zero-order chi connectivity index (χ0) is 18.2. The Bertz CT molecular complexity index is 849. The number of hydrogen-bond acceptors (Lipinski definition) is 4. The molecule has 1 amide bonds. The van der Waals surface area contributed by atoms with Gasteiger partial charge in [0, 0.05) is 12.1 Å². The van der Waals surface area contributed by atoms with Gasteiger partial charge < -0.3 is 15.4 Å². The maximum absolute atomic E-state index is 12.1. The number of aromatic nitrogens is 1. The van der Waals surface area contributed by atoms with Crippen molar-refractivity contribution in [3.63, 3.8) is 0 Å². The van der Waals surface area contributed by atoms with Crippen LogP contribution >= 0.6 is 0 Å². The van der Waals surface area contributed by atoms with Crippen LogP contribution in [0.15, 0.2) is 72.9 Å². The van der Waals surface area contributed by atoms with E-state index in [1.807, 2.05) is 42.5 Å². The Morgan fingerprint density at radius 1 is 1.04 bits per heavy atom. The van der Waals surface area contributed by atoms with Crippen LogP contribution in [0.3, 0.4) is 0 Å². The summed E-state index contributed by atoms with van der Waals surface area (Å²) in [5, 5.41) is 6.12. The number of nitrogens with one attached hydrogen (secondary N) is 2. The van der Waals surface area contributed by atoms with E-state index in [4.69, 9.17) is 4.74 Å². The van der Waals surface area contributed by atoms with Gasteiger partial charge in [-0.1, -0.05) is 30.3 Å². The number of ether oxygens (including phenoxy) is 1. The second-order valence-corrected chi connectivity index (χ2v) is 5.78. The Hall–Kier alpha value is -3.34. The molecule has 3 aromatic rings. The van der Waals surface area contributed by atoms with Gasteiger partial charge in [-0.25, -0.2) is 4.98 Å². The molecule has 0 spiro atoms. The van der Waals surface area contributed by atoms with E-state index in [-0.39, 0.29) is 5.91 Å². The highest BCUT2D eigenvalue weighted by molar-refractivity contribution is 6.03. The van der Waals surface area contributed by atoms with Crippen LogP contribution in [0.2, 0.25) is 0 Å². The van der Waals surface area contributed by atoms with Crippen LogP contribution < -0.4 is 15.4 Å². The molecule has 0 fully saturated rings. The van der Waals surface area contributed by atoms with Crippen LogP contribution in [0.4, 0.5) is 11.5 Å². The van der Waals surface area contributed by atoms with E-state index in [2.05, 4.69) is 21.7 Å². The minimum absolute atomic E-state index is 0.170. The van der Waals surface area contributed by atoms with Crippen molar-refractivity contribution in [2.24, 2.45) is 0 Å². The molecule has 5 heteroatoms. The normalized spacial score (nSPS) is 10.2. The number of nitrogens with zero attached hydrogens (tertiary/aromatic N) is 1. The fourth-order valence-electron chi connectivity index (χ4n) is 2.53. The quantitative estimate of drug-likeness (QED) is 0.678. The van der Waals surface area contributed by atoms with Gasteiger partial charge in [-0.3, -0.25) is 4.79 Å². The highest BCUT2D eigenvalue weighted by Crippen LogP contribution is 2.14. The molecule has 132 valence electrons. The first-order valence-corrected chi connectivity index (χ1v) is 8.44. The predicted molar refractivity (Wildman–Crippen MR) is 104 cm³/mol. The minimum atomic E-state index is -0.170. The average molecular weight is 347 g/mol. The maximum atomic E-state index is 12.1. The van der Waals surface area contributed by atoms with E-state index in [9.17, 15) is 4.79 Å². The van der Waals surface area contributed by atoms with Crippen LogP contribution in [0.5, 0.6) is 5.75 Å². The third-order valence-corrected chi connectivity index (χ3v) is 3.92. The number of rotatable bonds is 7. The average Bonchev–Trinajstić information content (AvgIpc) is 2.70. The van der Waals surface area contributed by atoms with Crippen molar-refractivity contribution in [2.75, 3.05) is 24.3 Å². The summed E-state index contributed by atoms with van der Waals surface area (Å²) >= 11 is 0. The van der Waals surface area contributed by atoms with E-state index < -0.39 is 0 Å². The molecule has 0 aliphatic carbocycles. The van der Waals surface area contributed by atoms with Crippen molar-refractivity contribution in [3.05, 3.63) is 84.1 Å². The first kappa shape index (κ1) is 17.5. The molecule has 0 aliphatic heterocycles. The number of hydrogen-bond donors (Lipinski definition) is 2. The molecule has 0 aliphatic rings. The topological polar surface area (TPSA) is 63.2 Å². The molecule has 5 nitrogen and oxygen atoms in total. The summed E-state index contributed by atoms with van der Waals surface area (Å²) in [6.07, 6.45) is 2.59. The molecule has 0 atom stereocenters. The van der Waals surface area contributed by atoms with Crippen LogP contribution in [-0.2, 0) is 6.42 Å². The van der Waals surface area contributed by atoms with Crippen LogP contribution in [-0.4, -0.2) is 24.5 Å². The molecule has 26 heavy (non-hydrogen) atoms. The fourth-order valence-corrected chi connectivity index (χ4v) is 2.53. The van der Waals surface area contributed by atoms with Gasteiger partial charge in [-0.15, -0.1) is 0 Å². The summed E-state index contributed by atoms with van der Waals surface area (Å²) in [6.45, 7) is 0.782.